The van der Waals surface area contributed by atoms with Crippen LogP contribution in [0.1, 0.15) is 18.1 Å². The second kappa shape index (κ2) is 5.32. The number of hydrogen-bond acceptors (Lipinski definition) is 3. The van der Waals surface area contributed by atoms with Crippen molar-refractivity contribution in [2.24, 2.45) is 0 Å². The summed E-state index contributed by atoms with van der Waals surface area (Å²) in [5.74, 6) is -0.486. The van der Waals surface area contributed by atoms with Crippen LogP contribution in [0.4, 0.5) is 10.1 Å². The van der Waals surface area contributed by atoms with Gasteiger partial charge >= 0.3 is 0 Å². The summed E-state index contributed by atoms with van der Waals surface area (Å²) >= 11 is 0. The molecule has 0 saturated carbocycles. The second-order valence-corrected chi connectivity index (χ2v) is 3.86. The molecule has 1 aromatic heterocycles. The zero-order chi connectivity index (χ0) is 13.0. The van der Waals surface area contributed by atoms with Gasteiger partial charge in [-0.2, -0.15) is 10.4 Å². The van der Waals surface area contributed by atoms with Gasteiger partial charge < -0.3 is 5.32 Å². The molecule has 0 atom stereocenters. The first-order valence-electron chi connectivity index (χ1n) is 5.67. The van der Waals surface area contributed by atoms with Crippen LogP contribution in [0.25, 0.3) is 0 Å². The zero-order valence-electron chi connectivity index (χ0n) is 10.0. The number of nitrogens with one attached hydrogen (secondary N) is 1. The Balaban J connectivity index is 2.04. The Labute approximate surface area is 105 Å². The smallest absolute Gasteiger partial charge is 0.140 e. The van der Waals surface area contributed by atoms with Crippen molar-refractivity contribution in [2.75, 3.05) is 5.32 Å². The Hall–Kier alpha value is -2.35. The Bertz CT molecular complexity index is 583. The highest BCUT2D eigenvalue weighted by molar-refractivity contribution is 5.41. The highest BCUT2D eigenvalue weighted by Crippen LogP contribution is 2.12. The molecule has 0 aliphatic rings. The van der Waals surface area contributed by atoms with E-state index in [-0.39, 0.29) is 5.56 Å². The van der Waals surface area contributed by atoms with E-state index < -0.39 is 5.82 Å². The van der Waals surface area contributed by atoms with Crippen LogP contribution in [0.2, 0.25) is 0 Å². The molecule has 92 valence electrons. The van der Waals surface area contributed by atoms with Crippen LogP contribution >= 0.6 is 0 Å². The van der Waals surface area contributed by atoms with E-state index in [2.05, 4.69) is 10.4 Å². The van der Waals surface area contributed by atoms with Gasteiger partial charge in [0.25, 0.3) is 0 Å². The maximum atomic E-state index is 13.1. The van der Waals surface area contributed by atoms with Crippen molar-refractivity contribution in [2.45, 2.75) is 20.0 Å². The molecular weight excluding hydrogens is 231 g/mol. The number of rotatable bonds is 4. The van der Waals surface area contributed by atoms with Gasteiger partial charge in [-0.15, -0.1) is 0 Å². The van der Waals surface area contributed by atoms with E-state index in [1.165, 1.54) is 6.07 Å². The van der Waals surface area contributed by atoms with Gasteiger partial charge in [-0.05, 0) is 24.6 Å². The van der Waals surface area contributed by atoms with Crippen molar-refractivity contribution in [3.05, 3.63) is 47.5 Å². The lowest BCUT2D eigenvalue weighted by molar-refractivity contribution is 0.623. The lowest BCUT2D eigenvalue weighted by Crippen LogP contribution is -2.00. The van der Waals surface area contributed by atoms with Crippen molar-refractivity contribution in [3.8, 4) is 6.07 Å². The second-order valence-electron chi connectivity index (χ2n) is 3.86. The summed E-state index contributed by atoms with van der Waals surface area (Å²) in [6, 6.07) is 6.35. The van der Waals surface area contributed by atoms with Gasteiger partial charge in [0.15, 0.2) is 0 Å². The first-order valence-corrected chi connectivity index (χ1v) is 5.67. The standard InChI is InChI=1S/C13H13FN4/c1-2-18-9-12(8-17-18)16-7-10-3-4-13(14)11(5-10)6-15/h3-5,8-9,16H,2,7H2,1H3. The minimum absolute atomic E-state index is 0.0681. The van der Waals surface area contributed by atoms with Gasteiger partial charge in [0.1, 0.15) is 11.9 Å². The van der Waals surface area contributed by atoms with Crippen LogP contribution in [0, 0.1) is 17.1 Å². The summed E-state index contributed by atoms with van der Waals surface area (Å²) < 4.78 is 14.9. The van der Waals surface area contributed by atoms with Crippen LogP contribution in [-0.2, 0) is 13.1 Å². The van der Waals surface area contributed by atoms with Crippen molar-refractivity contribution >= 4 is 5.69 Å². The third-order valence-corrected chi connectivity index (χ3v) is 2.61. The van der Waals surface area contributed by atoms with Crippen molar-refractivity contribution in [3.63, 3.8) is 0 Å². The number of aryl methyl sites for hydroxylation is 1. The number of nitriles is 1. The van der Waals surface area contributed by atoms with Crippen LogP contribution in [0.5, 0.6) is 0 Å². The van der Waals surface area contributed by atoms with Crippen molar-refractivity contribution in [1.82, 2.24) is 9.78 Å². The quantitative estimate of drug-likeness (QED) is 0.899. The summed E-state index contributed by atoms with van der Waals surface area (Å²) in [4.78, 5) is 0. The summed E-state index contributed by atoms with van der Waals surface area (Å²) in [5, 5.41) is 16.0. The molecule has 0 radical (unpaired) electrons. The number of nitrogens with zero attached hydrogens (tertiary/aromatic N) is 3. The summed E-state index contributed by atoms with van der Waals surface area (Å²) in [6.07, 6.45) is 3.63. The molecule has 18 heavy (non-hydrogen) atoms. The van der Waals surface area contributed by atoms with E-state index in [0.717, 1.165) is 17.8 Å². The van der Waals surface area contributed by atoms with E-state index in [4.69, 9.17) is 5.26 Å². The number of anilines is 1. The highest BCUT2D eigenvalue weighted by atomic mass is 19.1. The topological polar surface area (TPSA) is 53.6 Å². The average molecular weight is 244 g/mol. The molecule has 4 nitrogen and oxygen atoms in total. The van der Waals surface area contributed by atoms with E-state index in [1.807, 2.05) is 23.9 Å². The molecule has 0 aliphatic carbocycles. The molecule has 0 unspecified atom stereocenters. The Kier molecular flexibility index (Phi) is 3.58. The first kappa shape index (κ1) is 12.1. The summed E-state index contributed by atoms with van der Waals surface area (Å²) in [5.41, 5.74) is 1.83. The highest BCUT2D eigenvalue weighted by Gasteiger charge is 2.03. The Morgan fingerprint density at radius 3 is 3.00 bits per heavy atom. The third-order valence-electron chi connectivity index (χ3n) is 2.61. The number of halogens is 1. The van der Waals surface area contributed by atoms with Gasteiger partial charge in [0.05, 0.1) is 17.4 Å². The van der Waals surface area contributed by atoms with Gasteiger partial charge in [0, 0.05) is 19.3 Å². The number of benzene rings is 1. The molecule has 1 N–H and O–H groups in total. The Morgan fingerprint density at radius 1 is 1.50 bits per heavy atom. The van der Waals surface area contributed by atoms with Gasteiger partial charge in [-0.1, -0.05) is 6.07 Å². The molecule has 2 aromatic rings. The number of aromatic nitrogens is 2. The van der Waals surface area contributed by atoms with Gasteiger partial charge in [0.2, 0.25) is 0 Å². The van der Waals surface area contributed by atoms with E-state index in [9.17, 15) is 4.39 Å². The van der Waals surface area contributed by atoms with E-state index >= 15 is 0 Å². The minimum Gasteiger partial charge on any atom is -0.378 e. The molecule has 1 aromatic carbocycles. The third kappa shape index (κ3) is 2.66. The van der Waals surface area contributed by atoms with Crippen LogP contribution in [0.15, 0.2) is 30.6 Å². The monoisotopic (exact) mass is 244 g/mol. The fraction of sp³-hybridized carbons (Fsp3) is 0.231. The predicted octanol–water partition coefficient (Wildman–Crippen LogP) is 2.53. The van der Waals surface area contributed by atoms with Crippen molar-refractivity contribution in [1.29, 1.82) is 5.26 Å². The number of hydrogen-bond donors (Lipinski definition) is 1. The molecule has 0 aliphatic heterocycles. The molecular formula is C13H13FN4. The van der Waals surface area contributed by atoms with Gasteiger partial charge in [-0.25, -0.2) is 4.39 Å². The maximum absolute atomic E-state index is 13.1. The molecule has 2 rings (SSSR count). The van der Waals surface area contributed by atoms with Gasteiger partial charge in [-0.3, -0.25) is 4.68 Å². The van der Waals surface area contributed by atoms with E-state index in [0.29, 0.717) is 6.54 Å². The summed E-state index contributed by atoms with van der Waals surface area (Å²) in [6.45, 7) is 3.36. The minimum atomic E-state index is -0.486. The van der Waals surface area contributed by atoms with Crippen LogP contribution in [-0.4, -0.2) is 9.78 Å². The average Bonchev–Trinajstić information content (AvgIpc) is 2.86. The lowest BCUT2D eigenvalue weighted by Gasteiger charge is -2.04. The SMILES string of the molecule is CCn1cc(NCc2ccc(F)c(C#N)c2)cn1. The molecule has 5 heteroatoms. The summed E-state index contributed by atoms with van der Waals surface area (Å²) in [7, 11) is 0. The molecule has 0 spiro atoms. The molecule has 0 fully saturated rings. The largest absolute Gasteiger partial charge is 0.378 e. The zero-order valence-corrected chi connectivity index (χ0v) is 10.0. The fourth-order valence-electron chi connectivity index (χ4n) is 1.60. The fourth-order valence-corrected chi connectivity index (χ4v) is 1.60. The predicted molar refractivity (Wildman–Crippen MR) is 66.3 cm³/mol. The van der Waals surface area contributed by atoms with Crippen molar-refractivity contribution < 1.29 is 4.39 Å². The van der Waals surface area contributed by atoms with Crippen LogP contribution in [0.3, 0.4) is 0 Å². The van der Waals surface area contributed by atoms with Crippen LogP contribution < -0.4 is 5.32 Å². The molecule has 0 amide bonds. The molecule has 1 heterocycles. The lowest BCUT2D eigenvalue weighted by atomic mass is 10.1. The maximum Gasteiger partial charge on any atom is 0.140 e. The van der Waals surface area contributed by atoms with E-state index in [1.54, 1.807) is 18.3 Å². The Morgan fingerprint density at radius 2 is 2.33 bits per heavy atom. The molecule has 0 bridgehead atoms. The molecule has 0 saturated heterocycles. The first-order chi connectivity index (χ1) is 8.72. The normalized spacial score (nSPS) is 10.1.